The van der Waals surface area contributed by atoms with Crippen LogP contribution in [0.4, 0.5) is 0 Å². The molecule has 5 nitrogen and oxygen atoms in total. The van der Waals surface area contributed by atoms with Gasteiger partial charge in [-0.15, -0.1) is 10.2 Å². The predicted octanol–water partition coefficient (Wildman–Crippen LogP) is 3.87. The van der Waals surface area contributed by atoms with Crippen molar-refractivity contribution in [3.05, 3.63) is 41.7 Å². The molecule has 146 valence electrons. The molecule has 1 aromatic heterocycles. The molecule has 1 aliphatic rings. The van der Waals surface area contributed by atoms with E-state index in [2.05, 4.69) is 39.1 Å². The topological polar surface area (TPSA) is 59.8 Å². The van der Waals surface area contributed by atoms with Crippen LogP contribution in [0, 0.1) is 5.92 Å². The van der Waals surface area contributed by atoms with Gasteiger partial charge in [-0.3, -0.25) is 4.79 Å². The summed E-state index contributed by atoms with van der Waals surface area (Å²) >= 11 is 1.49. The number of nitrogens with zero attached hydrogens (tertiary/aromatic N) is 3. The van der Waals surface area contributed by atoms with Gasteiger partial charge in [0.15, 0.2) is 5.16 Å². The van der Waals surface area contributed by atoms with Gasteiger partial charge in [0.2, 0.25) is 5.91 Å². The molecular weight excluding hydrogens is 356 g/mol. The van der Waals surface area contributed by atoms with Gasteiger partial charge in [0.25, 0.3) is 0 Å². The van der Waals surface area contributed by atoms with E-state index in [4.69, 9.17) is 0 Å². The van der Waals surface area contributed by atoms with Crippen LogP contribution in [0.15, 0.2) is 35.5 Å². The number of carbonyl (C=O) groups excluding carboxylic acids is 1. The van der Waals surface area contributed by atoms with Crippen LogP contribution in [0.25, 0.3) is 0 Å². The summed E-state index contributed by atoms with van der Waals surface area (Å²) in [7, 11) is 0. The molecule has 2 aromatic rings. The summed E-state index contributed by atoms with van der Waals surface area (Å²) in [5.41, 5.74) is 1.24. The first-order valence-electron chi connectivity index (χ1n) is 10.1. The van der Waals surface area contributed by atoms with E-state index in [9.17, 15) is 4.79 Å². The zero-order valence-electron chi connectivity index (χ0n) is 16.2. The fourth-order valence-corrected chi connectivity index (χ4v) is 4.57. The van der Waals surface area contributed by atoms with Crippen LogP contribution >= 0.6 is 11.8 Å². The zero-order valence-corrected chi connectivity index (χ0v) is 17.0. The first kappa shape index (κ1) is 19.9. The Labute approximate surface area is 166 Å². The Kier molecular flexibility index (Phi) is 7.75. The average molecular weight is 387 g/mol. The third kappa shape index (κ3) is 6.09. The lowest BCUT2D eigenvalue weighted by Crippen LogP contribution is -2.27. The number of amides is 1. The molecule has 1 saturated carbocycles. The Bertz CT molecular complexity index is 710. The van der Waals surface area contributed by atoms with Gasteiger partial charge in [0.1, 0.15) is 5.82 Å². The molecule has 1 heterocycles. The van der Waals surface area contributed by atoms with Crippen LogP contribution in [-0.2, 0) is 24.2 Å². The summed E-state index contributed by atoms with van der Waals surface area (Å²) < 4.78 is 2.18. The maximum atomic E-state index is 12.1. The highest BCUT2D eigenvalue weighted by Crippen LogP contribution is 2.27. The number of nitrogens with one attached hydrogen (secondary N) is 1. The van der Waals surface area contributed by atoms with E-state index in [0.29, 0.717) is 12.3 Å². The highest BCUT2D eigenvalue weighted by atomic mass is 32.2. The van der Waals surface area contributed by atoms with Crippen molar-refractivity contribution in [3.8, 4) is 0 Å². The molecule has 0 aliphatic heterocycles. The fraction of sp³-hybridized carbons (Fsp3) is 0.571. The van der Waals surface area contributed by atoms with Gasteiger partial charge in [-0.25, -0.2) is 0 Å². The summed E-state index contributed by atoms with van der Waals surface area (Å²) in [6.45, 7) is 3.64. The Morgan fingerprint density at radius 2 is 1.96 bits per heavy atom. The molecule has 1 fully saturated rings. The monoisotopic (exact) mass is 386 g/mol. The first-order chi connectivity index (χ1) is 13.3. The van der Waals surface area contributed by atoms with Crippen molar-refractivity contribution >= 4 is 17.7 Å². The standard InChI is InChI=1S/C21H30N4OS/c1-2-25-19(15-18-11-7-4-8-12-18)23-24-21(25)27-16-20(26)22-14-13-17-9-5-3-6-10-17/h3,5-6,9-10,18H,2,4,7-8,11-16H2,1H3,(H,22,26). The Morgan fingerprint density at radius 3 is 2.70 bits per heavy atom. The van der Waals surface area contributed by atoms with Crippen molar-refractivity contribution in [3.63, 3.8) is 0 Å². The maximum absolute atomic E-state index is 12.1. The fourth-order valence-electron chi connectivity index (χ4n) is 3.72. The number of rotatable bonds is 9. The molecule has 0 spiro atoms. The quantitative estimate of drug-likeness (QED) is 0.665. The van der Waals surface area contributed by atoms with Gasteiger partial charge >= 0.3 is 0 Å². The Morgan fingerprint density at radius 1 is 1.19 bits per heavy atom. The summed E-state index contributed by atoms with van der Waals surface area (Å²) in [4.78, 5) is 12.1. The summed E-state index contributed by atoms with van der Waals surface area (Å²) in [5.74, 6) is 2.26. The summed E-state index contributed by atoms with van der Waals surface area (Å²) in [6.07, 6.45) is 8.55. The van der Waals surface area contributed by atoms with Crippen LogP contribution in [0.5, 0.6) is 0 Å². The van der Waals surface area contributed by atoms with Gasteiger partial charge in [-0.05, 0) is 24.8 Å². The largest absolute Gasteiger partial charge is 0.355 e. The first-order valence-corrected chi connectivity index (χ1v) is 11.1. The average Bonchev–Trinajstić information content (AvgIpc) is 3.09. The lowest BCUT2D eigenvalue weighted by Gasteiger charge is -2.21. The third-order valence-electron chi connectivity index (χ3n) is 5.22. The molecular formula is C21H30N4OS. The molecule has 0 atom stereocenters. The Hall–Kier alpha value is -1.82. The highest BCUT2D eigenvalue weighted by Gasteiger charge is 2.19. The van der Waals surface area contributed by atoms with Gasteiger partial charge in [0.05, 0.1) is 5.75 Å². The van der Waals surface area contributed by atoms with Crippen LogP contribution in [-0.4, -0.2) is 33.0 Å². The van der Waals surface area contributed by atoms with Gasteiger partial charge in [-0.2, -0.15) is 0 Å². The zero-order chi connectivity index (χ0) is 18.9. The predicted molar refractivity (Wildman–Crippen MR) is 110 cm³/mol. The van der Waals surface area contributed by atoms with Gasteiger partial charge in [0, 0.05) is 19.5 Å². The van der Waals surface area contributed by atoms with Crippen molar-refractivity contribution < 1.29 is 4.79 Å². The molecule has 1 aliphatic carbocycles. The molecule has 27 heavy (non-hydrogen) atoms. The number of aromatic nitrogens is 3. The molecule has 1 N–H and O–H groups in total. The van der Waals surface area contributed by atoms with Crippen molar-refractivity contribution in [1.29, 1.82) is 0 Å². The highest BCUT2D eigenvalue weighted by molar-refractivity contribution is 7.99. The number of carbonyl (C=O) groups is 1. The van der Waals surface area contributed by atoms with Crippen molar-refractivity contribution in [2.45, 2.75) is 63.6 Å². The van der Waals surface area contributed by atoms with E-state index in [0.717, 1.165) is 36.3 Å². The minimum Gasteiger partial charge on any atom is -0.355 e. The Balaban J connectivity index is 1.45. The number of thioether (sulfide) groups is 1. The summed E-state index contributed by atoms with van der Waals surface area (Å²) in [5, 5.41) is 12.6. The number of benzene rings is 1. The number of hydrogen-bond acceptors (Lipinski definition) is 4. The minimum atomic E-state index is 0.0513. The third-order valence-corrected chi connectivity index (χ3v) is 6.18. The van der Waals surface area contributed by atoms with Crippen molar-refractivity contribution in [1.82, 2.24) is 20.1 Å². The maximum Gasteiger partial charge on any atom is 0.230 e. The molecule has 0 radical (unpaired) electrons. The van der Waals surface area contributed by atoms with E-state index in [1.54, 1.807) is 0 Å². The second-order valence-electron chi connectivity index (χ2n) is 7.23. The van der Waals surface area contributed by atoms with Crippen molar-refractivity contribution in [2.75, 3.05) is 12.3 Å². The smallest absolute Gasteiger partial charge is 0.230 e. The van der Waals surface area contributed by atoms with Gasteiger partial charge < -0.3 is 9.88 Å². The molecule has 1 aromatic carbocycles. The molecule has 0 saturated heterocycles. The van der Waals surface area contributed by atoms with E-state index < -0.39 is 0 Å². The summed E-state index contributed by atoms with van der Waals surface area (Å²) in [6, 6.07) is 10.2. The molecule has 0 bridgehead atoms. The van der Waals surface area contributed by atoms with E-state index in [1.807, 2.05) is 18.2 Å². The van der Waals surface area contributed by atoms with E-state index in [1.165, 1.54) is 49.4 Å². The lowest BCUT2D eigenvalue weighted by atomic mass is 9.87. The van der Waals surface area contributed by atoms with Crippen LogP contribution in [0.1, 0.15) is 50.4 Å². The molecule has 0 unspecified atom stereocenters. The molecule has 6 heteroatoms. The van der Waals surface area contributed by atoms with Crippen molar-refractivity contribution in [2.24, 2.45) is 5.92 Å². The minimum absolute atomic E-state index is 0.0513. The van der Waals surface area contributed by atoms with Crippen LogP contribution < -0.4 is 5.32 Å². The van der Waals surface area contributed by atoms with Gasteiger partial charge in [-0.1, -0.05) is 74.2 Å². The lowest BCUT2D eigenvalue weighted by molar-refractivity contribution is -0.118. The second kappa shape index (κ2) is 10.5. The van der Waals surface area contributed by atoms with Crippen LogP contribution in [0.3, 0.4) is 0 Å². The SMILES string of the molecule is CCn1c(CC2CCCCC2)nnc1SCC(=O)NCCc1ccccc1. The van der Waals surface area contributed by atoms with E-state index in [-0.39, 0.29) is 5.91 Å². The normalized spacial score (nSPS) is 15.0. The second-order valence-corrected chi connectivity index (χ2v) is 8.17. The molecule has 3 rings (SSSR count). The number of hydrogen-bond donors (Lipinski definition) is 1. The van der Waals surface area contributed by atoms with E-state index >= 15 is 0 Å². The van der Waals surface area contributed by atoms with Crippen LogP contribution in [0.2, 0.25) is 0 Å². The molecule has 1 amide bonds.